The van der Waals surface area contributed by atoms with E-state index in [1.807, 2.05) is 37.3 Å². The average Bonchev–Trinajstić information content (AvgIpc) is 2.75. The zero-order chi connectivity index (χ0) is 20.8. The van der Waals surface area contributed by atoms with E-state index in [-0.39, 0.29) is 12.1 Å². The quantitative estimate of drug-likeness (QED) is 0.720. The van der Waals surface area contributed by atoms with Crippen LogP contribution in [-0.4, -0.2) is 36.6 Å². The van der Waals surface area contributed by atoms with Crippen molar-refractivity contribution in [3.63, 3.8) is 0 Å². The van der Waals surface area contributed by atoms with Crippen LogP contribution in [0.5, 0.6) is 0 Å². The van der Waals surface area contributed by atoms with Gasteiger partial charge in [-0.1, -0.05) is 29.3 Å². The number of piperidine rings is 1. The van der Waals surface area contributed by atoms with Gasteiger partial charge in [-0.2, -0.15) is 5.26 Å². The first-order valence-corrected chi connectivity index (χ1v) is 10.5. The highest BCUT2D eigenvalue weighted by molar-refractivity contribution is 6.42. The maximum absolute atomic E-state index is 12.7. The third kappa shape index (κ3) is 5.56. The van der Waals surface area contributed by atoms with Crippen LogP contribution in [0.1, 0.15) is 30.9 Å². The van der Waals surface area contributed by atoms with E-state index >= 15 is 0 Å². The van der Waals surface area contributed by atoms with E-state index in [0.29, 0.717) is 28.7 Å². The number of rotatable bonds is 5. The number of amides is 2. The van der Waals surface area contributed by atoms with Crippen LogP contribution >= 0.6 is 23.2 Å². The number of benzene rings is 2. The Hall–Kier alpha value is -2.42. The van der Waals surface area contributed by atoms with E-state index < -0.39 is 0 Å². The first kappa shape index (κ1) is 21.3. The van der Waals surface area contributed by atoms with E-state index in [1.54, 1.807) is 17.0 Å². The van der Waals surface area contributed by atoms with Crippen molar-refractivity contribution in [2.24, 2.45) is 0 Å². The monoisotopic (exact) mass is 430 g/mol. The number of carbonyl (C=O) groups is 1. The Kier molecular flexibility index (Phi) is 7.24. The minimum Gasteiger partial charge on any atom is -0.371 e. The summed E-state index contributed by atoms with van der Waals surface area (Å²) < 4.78 is 0. The predicted octanol–water partition coefficient (Wildman–Crippen LogP) is 5.07. The maximum Gasteiger partial charge on any atom is 0.317 e. The van der Waals surface area contributed by atoms with Crippen LogP contribution in [0.2, 0.25) is 10.0 Å². The first-order valence-electron chi connectivity index (χ1n) is 9.74. The summed E-state index contributed by atoms with van der Waals surface area (Å²) in [4.78, 5) is 16.8. The molecule has 0 radical (unpaired) electrons. The number of nitriles is 1. The molecule has 0 unspecified atom stereocenters. The zero-order valence-electron chi connectivity index (χ0n) is 16.4. The Morgan fingerprint density at radius 2 is 1.86 bits per heavy atom. The summed E-state index contributed by atoms with van der Waals surface area (Å²) in [7, 11) is 0. The minimum atomic E-state index is -0.0598. The highest BCUT2D eigenvalue weighted by Gasteiger charge is 2.23. The molecule has 2 aromatic carbocycles. The van der Waals surface area contributed by atoms with Crippen LogP contribution in [0.4, 0.5) is 10.5 Å². The summed E-state index contributed by atoms with van der Waals surface area (Å²) in [5, 5.41) is 13.1. The molecule has 1 heterocycles. The summed E-state index contributed by atoms with van der Waals surface area (Å²) in [6.07, 6.45) is 1.77. The highest BCUT2D eigenvalue weighted by atomic mass is 35.5. The van der Waals surface area contributed by atoms with Gasteiger partial charge < -0.3 is 15.1 Å². The Morgan fingerprint density at radius 3 is 2.45 bits per heavy atom. The van der Waals surface area contributed by atoms with Crippen molar-refractivity contribution in [1.29, 1.82) is 5.26 Å². The van der Waals surface area contributed by atoms with Crippen molar-refractivity contribution >= 4 is 34.9 Å². The van der Waals surface area contributed by atoms with Gasteiger partial charge >= 0.3 is 6.03 Å². The Labute approximate surface area is 181 Å². The molecule has 29 heavy (non-hydrogen) atoms. The normalized spacial score (nSPS) is 14.3. The lowest BCUT2D eigenvalue weighted by atomic mass is 10.0. The molecule has 7 heteroatoms. The second kappa shape index (κ2) is 9.87. The molecule has 0 aromatic heterocycles. The van der Waals surface area contributed by atoms with Gasteiger partial charge in [-0.15, -0.1) is 0 Å². The fourth-order valence-electron chi connectivity index (χ4n) is 3.48. The van der Waals surface area contributed by atoms with E-state index in [2.05, 4.69) is 16.3 Å². The van der Waals surface area contributed by atoms with Gasteiger partial charge in [0.15, 0.2) is 0 Å². The predicted molar refractivity (Wildman–Crippen MR) is 117 cm³/mol. The molecule has 2 aromatic rings. The third-order valence-electron chi connectivity index (χ3n) is 5.21. The lowest BCUT2D eigenvalue weighted by Gasteiger charge is -2.35. The standard InChI is InChI=1S/C22H24Cl2N4O/c1-2-27(15-17-5-8-20(23)21(24)13-17)22(29)26-18-9-11-28(12-10-18)19-6-3-16(14-25)4-7-19/h3-8,13,18H,2,9-12,15H2,1H3,(H,26,29). The molecule has 2 amide bonds. The summed E-state index contributed by atoms with van der Waals surface area (Å²) in [5.41, 5.74) is 2.73. The Morgan fingerprint density at radius 1 is 1.17 bits per heavy atom. The zero-order valence-corrected chi connectivity index (χ0v) is 17.9. The Balaban J connectivity index is 1.52. The van der Waals surface area contributed by atoms with Gasteiger partial charge in [-0.25, -0.2) is 4.79 Å². The molecule has 1 fully saturated rings. The molecule has 1 saturated heterocycles. The van der Waals surface area contributed by atoms with Gasteiger partial charge in [-0.05, 0) is 61.7 Å². The molecule has 1 aliphatic heterocycles. The molecule has 3 rings (SSSR count). The van der Waals surface area contributed by atoms with Gasteiger partial charge in [-0.3, -0.25) is 0 Å². The number of nitrogens with zero attached hydrogens (tertiary/aromatic N) is 3. The highest BCUT2D eigenvalue weighted by Crippen LogP contribution is 2.24. The first-order chi connectivity index (χ1) is 14.0. The van der Waals surface area contributed by atoms with Crippen molar-refractivity contribution in [3.05, 3.63) is 63.6 Å². The number of hydrogen-bond donors (Lipinski definition) is 1. The van der Waals surface area contributed by atoms with Crippen molar-refractivity contribution in [1.82, 2.24) is 10.2 Å². The van der Waals surface area contributed by atoms with Crippen LogP contribution < -0.4 is 10.2 Å². The van der Waals surface area contributed by atoms with Gasteiger partial charge in [0.2, 0.25) is 0 Å². The Bertz CT molecular complexity index is 887. The number of hydrogen-bond acceptors (Lipinski definition) is 3. The van der Waals surface area contributed by atoms with Crippen LogP contribution in [0, 0.1) is 11.3 Å². The number of nitrogens with one attached hydrogen (secondary N) is 1. The van der Waals surface area contributed by atoms with Crippen LogP contribution in [0.25, 0.3) is 0 Å². The van der Waals surface area contributed by atoms with E-state index in [9.17, 15) is 4.79 Å². The molecule has 0 aliphatic carbocycles. The summed E-state index contributed by atoms with van der Waals surface area (Å²) in [6, 6.07) is 15.3. The van der Waals surface area contributed by atoms with Gasteiger partial charge in [0, 0.05) is 37.9 Å². The van der Waals surface area contributed by atoms with Crippen molar-refractivity contribution in [3.8, 4) is 6.07 Å². The SMILES string of the molecule is CCN(Cc1ccc(Cl)c(Cl)c1)C(=O)NC1CCN(c2ccc(C#N)cc2)CC1. The lowest BCUT2D eigenvalue weighted by molar-refractivity contribution is 0.191. The van der Waals surface area contributed by atoms with Crippen LogP contribution in [-0.2, 0) is 6.54 Å². The van der Waals surface area contributed by atoms with Gasteiger partial charge in [0.05, 0.1) is 21.7 Å². The molecule has 152 valence electrons. The fourth-order valence-corrected chi connectivity index (χ4v) is 3.80. The molecule has 5 nitrogen and oxygen atoms in total. The van der Waals surface area contributed by atoms with E-state index in [1.165, 1.54) is 0 Å². The van der Waals surface area contributed by atoms with E-state index in [4.69, 9.17) is 28.5 Å². The second-order valence-corrected chi connectivity index (χ2v) is 7.95. The van der Waals surface area contributed by atoms with Gasteiger partial charge in [0.25, 0.3) is 0 Å². The third-order valence-corrected chi connectivity index (χ3v) is 5.95. The molecular weight excluding hydrogens is 407 g/mol. The topological polar surface area (TPSA) is 59.4 Å². The van der Waals surface area contributed by atoms with Gasteiger partial charge in [0.1, 0.15) is 0 Å². The van der Waals surface area contributed by atoms with Crippen LogP contribution in [0.3, 0.4) is 0 Å². The smallest absolute Gasteiger partial charge is 0.317 e. The number of anilines is 1. The number of carbonyl (C=O) groups excluding carboxylic acids is 1. The largest absolute Gasteiger partial charge is 0.371 e. The molecule has 0 saturated carbocycles. The van der Waals surface area contributed by atoms with Crippen molar-refractivity contribution in [2.45, 2.75) is 32.4 Å². The molecule has 1 N–H and O–H groups in total. The maximum atomic E-state index is 12.7. The minimum absolute atomic E-state index is 0.0598. The molecule has 1 aliphatic rings. The van der Waals surface area contributed by atoms with Crippen molar-refractivity contribution in [2.75, 3.05) is 24.5 Å². The average molecular weight is 431 g/mol. The summed E-state index contributed by atoms with van der Waals surface area (Å²) in [6.45, 7) is 4.80. The molecule has 0 bridgehead atoms. The molecular formula is C22H24Cl2N4O. The number of halogens is 2. The molecule has 0 spiro atoms. The lowest BCUT2D eigenvalue weighted by Crippen LogP contribution is -2.49. The van der Waals surface area contributed by atoms with E-state index in [0.717, 1.165) is 37.2 Å². The van der Waals surface area contributed by atoms with Crippen molar-refractivity contribution < 1.29 is 4.79 Å². The van der Waals surface area contributed by atoms with Crippen LogP contribution in [0.15, 0.2) is 42.5 Å². The fraction of sp³-hybridized carbons (Fsp3) is 0.364. The summed E-state index contributed by atoms with van der Waals surface area (Å²) in [5.74, 6) is 0. The second-order valence-electron chi connectivity index (χ2n) is 7.13. The summed E-state index contributed by atoms with van der Waals surface area (Å²) >= 11 is 12.1. The molecule has 0 atom stereocenters. The number of urea groups is 1.